The monoisotopic (exact) mass is 179 g/mol. The van der Waals surface area contributed by atoms with Crippen LogP contribution in [0.5, 0.6) is 0 Å². The molecule has 0 radical (unpaired) electrons. The summed E-state index contributed by atoms with van der Waals surface area (Å²) in [5.74, 6) is 1.17. The van der Waals surface area contributed by atoms with Gasteiger partial charge in [0.15, 0.2) is 0 Å². The average molecular weight is 179 g/mol. The highest BCUT2D eigenvalue weighted by atomic mass is 32.1. The number of nitrogens with one attached hydrogen (secondary N) is 1. The Morgan fingerprint density at radius 1 is 1.30 bits per heavy atom. The van der Waals surface area contributed by atoms with Gasteiger partial charge in [0, 0.05) is 6.54 Å². The van der Waals surface area contributed by atoms with Crippen LogP contribution in [0.2, 0.25) is 0 Å². The Morgan fingerprint density at radius 3 is 2.50 bits per heavy atom. The highest BCUT2D eigenvalue weighted by Crippen LogP contribution is 1.88. The molecule has 1 amide bonds. The summed E-state index contributed by atoms with van der Waals surface area (Å²) in [5.41, 5.74) is 0. The van der Waals surface area contributed by atoms with Gasteiger partial charge >= 0.3 is 0 Å². The molecule has 0 aromatic rings. The van der Waals surface area contributed by atoms with Crippen LogP contribution in [0.3, 0.4) is 0 Å². The lowest BCUT2D eigenvalue weighted by Crippen LogP contribution is -2.25. The topological polar surface area (TPSA) is 29.1 Å². The third kappa shape index (κ3) is 6.29. The molecule has 0 unspecified atom stereocenters. The number of carbonyl (C=O) groups excluding carboxylic acids is 1. The summed E-state index contributed by atoms with van der Waals surface area (Å²) in [4.78, 5) is 10.6. The van der Waals surface area contributed by atoms with Crippen LogP contribution >= 0.6 is 25.3 Å². The molecule has 0 aliphatic carbocycles. The standard InChI is InChI=1S/C6H13NOS2/c8-6(5-10)7-3-1-2-4-9/h9-10H,1-5H2,(H,7,8). The molecule has 0 spiro atoms. The summed E-state index contributed by atoms with van der Waals surface area (Å²) in [6.45, 7) is 0.750. The van der Waals surface area contributed by atoms with Gasteiger partial charge in [0.05, 0.1) is 5.75 Å². The summed E-state index contributed by atoms with van der Waals surface area (Å²) in [5, 5.41) is 2.72. The minimum atomic E-state index is 0.00231. The smallest absolute Gasteiger partial charge is 0.229 e. The number of hydrogen-bond acceptors (Lipinski definition) is 3. The van der Waals surface area contributed by atoms with E-state index in [2.05, 4.69) is 30.6 Å². The lowest BCUT2D eigenvalue weighted by molar-refractivity contribution is -0.118. The molecule has 10 heavy (non-hydrogen) atoms. The fourth-order valence-corrected chi connectivity index (χ4v) is 0.856. The van der Waals surface area contributed by atoms with E-state index in [1.165, 1.54) is 0 Å². The molecule has 0 heterocycles. The van der Waals surface area contributed by atoms with Crippen LogP contribution in [0.25, 0.3) is 0 Å². The Morgan fingerprint density at radius 2 is 2.00 bits per heavy atom. The third-order valence-corrected chi connectivity index (χ3v) is 1.65. The van der Waals surface area contributed by atoms with E-state index < -0.39 is 0 Å². The third-order valence-electron chi connectivity index (χ3n) is 1.05. The molecule has 60 valence electrons. The number of thiol groups is 2. The van der Waals surface area contributed by atoms with Crippen molar-refractivity contribution < 1.29 is 4.79 Å². The van der Waals surface area contributed by atoms with Gasteiger partial charge in [-0.25, -0.2) is 0 Å². The number of rotatable bonds is 5. The van der Waals surface area contributed by atoms with Crippen LogP contribution in [-0.2, 0) is 4.79 Å². The van der Waals surface area contributed by atoms with E-state index in [-0.39, 0.29) is 11.7 Å². The van der Waals surface area contributed by atoms with Crippen LogP contribution in [0.15, 0.2) is 0 Å². The van der Waals surface area contributed by atoms with Crippen molar-refractivity contribution >= 4 is 31.2 Å². The van der Waals surface area contributed by atoms with E-state index in [1.807, 2.05) is 0 Å². The number of carbonyl (C=O) groups is 1. The molecule has 0 aromatic carbocycles. The number of hydrogen-bond donors (Lipinski definition) is 3. The van der Waals surface area contributed by atoms with Gasteiger partial charge < -0.3 is 5.32 Å². The van der Waals surface area contributed by atoms with Gasteiger partial charge in [0.25, 0.3) is 0 Å². The molecular weight excluding hydrogens is 166 g/mol. The van der Waals surface area contributed by atoms with Gasteiger partial charge in [-0.1, -0.05) is 0 Å². The molecule has 0 aliphatic heterocycles. The molecule has 0 rings (SSSR count). The minimum Gasteiger partial charge on any atom is -0.355 e. The Kier molecular flexibility index (Phi) is 7.40. The zero-order chi connectivity index (χ0) is 7.82. The normalized spacial score (nSPS) is 9.40. The maximum absolute atomic E-state index is 10.6. The SMILES string of the molecule is O=C(CS)NCCCCS. The van der Waals surface area contributed by atoms with Gasteiger partial charge in [0.1, 0.15) is 0 Å². The van der Waals surface area contributed by atoms with Crippen molar-refractivity contribution in [3.8, 4) is 0 Å². The van der Waals surface area contributed by atoms with Crippen LogP contribution in [0.1, 0.15) is 12.8 Å². The van der Waals surface area contributed by atoms with E-state index in [0.717, 1.165) is 25.1 Å². The number of amides is 1. The minimum absolute atomic E-state index is 0.00231. The van der Waals surface area contributed by atoms with Gasteiger partial charge in [-0.05, 0) is 18.6 Å². The van der Waals surface area contributed by atoms with Crippen LogP contribution in [0.4, 0.5) is 0 Å². The second-order valence-corrected chi connectivity index (χ2v) is 2.70. The summed E-state index contributed by atoms with van der Waals surface area (Å²) in [7, 11) is 0. The molecule has 0 atom stereocenters. The Balaban J connectivity index is 2.96. The summed E-state index contributed by atoms with van der Waals surface area (Å²) >= 11 is 7.85. The quantitative estimate of drug-likeness (QED) is 0.422. The number of unbranched alkanes of at least 4 members (excludes halogenated alkanes) is 1. The molecule has 4 heteroatoms. The molecule has 1 N–H and O–H groups in total. The molecule has 0 aliphatic rings. The van der Waals surface area contributed by atoms with Crippen molar-refractivity contribution in [2.45, 2.75) is 12.8 Å². The molecule has 0 saturated carbocycles. The maximum Gasteiger partial charge on any atom is 0.229 e. The zero-order valence-electron chi connectivity index (χ0n) is 5.84. The van der Waals surface area contributed by atoms with Crippen molar-refractivity contribution in [3.05, 3.63) is 0 Å². The van der Waals surface area contributed by atoms with Gasteiger partial charge in [-0.3, -0.25) is 4.79 Å². The van der Waals surface area contributed by atoms with Gasteiger partial charge in [-0.15, -0.1) is 0 Å². The highest BCUT2D eigenvalue weighted by Gasteiger charge is 1.93. The fourth-order valence-electron chi connectivity index (χ4n) is 0.521. The second-order valence-electron chi connectivity index (χ2n) is 1.94. The Bertz CT molecular complexity index is 97.7. The molecule has 0 bridgehead atoms. The largest absolute Gasteiger partial charge is 0.355 e. The average Bonchev–Trinajstić information content (AvgIpc) is 1.98. The van der Waals surface area contributed by atoms with Crippen LogP contribution in [0, 0.1) is 0 Å². The fraction of sp³-hybridized carbons (Fsp3) is 0.833. The molecular formula is C6H13NOS2. The van der Waals surface area contributed by atoms with Gasteiger partial charge in [-0.2, -0.15) is 25.3 Å². The van der Waals surface area contributed by atoms with Gasteiger partial charge in [0.2, 0.25) is 5.91 Å². The first kappa shape index (κ1) is 10.2. The first-order valence-corrected chi connectivity index (χ1v) is 4.56. The van der Waals surface area contributed by atoms with Crippen LogP contribution < -0.4 is 5.32 Å². The highest BCUT2D eigenvalue weighted by molar-refractivity contribution is 7.81. The van der Waals surface area contributed by atoms with E-state index in [0.29, 0.717) is 0 Å². The van der Waals surface area contributed by atoms with E-state index in [9.17, 15) is 4.79 Å². The first-order chi connectivity index (χ1) is 4.81. The first-order valence-electron chi connectivity index (χ1n) is 3.29. The second kappa shape index (κ2) is 7.28. The zero-order valence-corrected chi connectivity index (χ0v) is 7.63. The van der Waals surface area contributed by atoms with Crippen molar-refractivity contribution in [1.82, 2.24) is 5.32 Å². The summed E-state index contributed by atoms with van der Waals surface area (Å²) in [6.07, 6.45) is 2.05. The predicted molar refractivity (Wildman–Crippen MR) is 49.9 cm³/mol. The van der Waals surface area contributed by atoms with E-state index >= 15 is 0 Å². The molecule has 0 aromatic heterocycles. The lowest BCUT2D eigenvalue weighted by atomic mass is 10.3. The Labute approximate surface area is 72.6 Å². The van der Waals surface area contributed by atoms with E-state index in [1.54, 1.807) is 0 Å². The van der Waals surface area contributed by atoms with Crippen molar-refractivity contribution in [3.63, 3.8) is 0 Å². The summed E-state index contributed by atoms with van der Waals surface area (Å²) < 4.78 is 0. The molecule has 2 nitrogen and oxygen atoms in total. The van der Waals surface area contributed by atoms with Crippen molar-refractivity contribution in [2.24, 2.45) is 0 Å². The molecule has 0 fully saturated rings. The van der Waals surface area contributed by atoms with Crippen LogP contribution in [-0.4, -0.2) is 24.0 Å². The van der Waals surface area contributed by atoms with Crippen molar-refractivity contribution in [2.75, 3.05) is 18.1 Å². The molecule has 0 saturated heterocycles. The van der Waals surface area contributed by atoms with Crippen molar-refractivity contribution in [1.29, 1.82) is 0 Å². The Hall–Kier alpha value is 0.170. The summed E-state index contributed by atoms with van der Waals surface area (Å²) in [6, 6.07) is 0. The maximum atomic E-state index is 10.6. The van der Waals surface area contributed by atoms with E-state index in [4.69, 9.17) is 0 Å². The predicted octanol–water partition coefficient (Wildman–Crippen LogP) is 0.742. The lowest BCUT2D eigenvalue weighted by Gasteiger charge is -2.00.